The molecule has 100 valence electrons. The first-order valence-electron chi connectivity index (χ1n) is 6.04. The Morgan fingerprint density at radius 3 is 2.42 bits per heavy atom. The Kier molecular flexibility index (Phi) is 4.82. The molecule has 0 bridgehead atoms. The van der Waals surface area contributed by atoms with E-state index in [2.05, 4.69) is 75.6 Å². The SMILES string of the molecule is CSc1ccc(Nc2cc(Br)nc(C(C)C)n2)cc1. The third kappa shape index (κ3) is 3.94. The zero-order valence-corrected chi connectivity index (χ0v) is 13.5. The average molecular weight is 338 g/mol. The van der Waals surface area contributed by atoms with Crippen LogP contribution in [0.5, 0.6) is 0 Å². The molecule has 0 saturated heterocycles. The highest BCUT2D eigenvalue weighted by molar-refractivity contribution is 9.10. The molecule has 0 unspecified atom stereocenters. The van der Waals surface area contributed by atoms with Crippen molar-refractivity contribution < 1.29 is 0 Å². The largest absolute Gasteiger partial charge is 0.340 e. The lowest BCUT2D eigenvalue weighted by Crippen LogP contribution is -2.02. The van der Waals surface area contributed by atoms with Crippen LogP contribution >= 0.6 is 27.7 Å². The quantitative estimate of drug-likeness (QED) is 0.640. The average Bonchev–Trinajstić information content (AvgIpc) is 2.39. The molecule has 0 radical (unpaired) electrons. The van der Waals surface area contributed by atoms with Gasteiger partial charge in [-0.2, -0.15) is 0 Å². The zero-order valence-electron chi connectivity index (χ0n) is 11.1. The lowest BCUT2D eigenvalue weighted by Gasteiger charge is -2.10. The molecule has 1 N–H and O–H groups in total. The maximum atomic E-state index is 4.51. The molecule has 1 aromatic heterocycles. The minimum Gasteiger partial charge on any atom is -0.340 e. The van der Waals surface area contributed by atoms with Gasteiger partial charge in [-0.15, -0.1) is 11.8 Å². The van der Waals surface area contributed by atoms with Crippen LogP contribution in [0.2, 0.25) is 0 Å². The number of nitrogens with one attached hydrogen (secondary N) is 1. The lowest BCUT2D eigenvalue weighted by molar-refractivity contribution is 0.771. The summed E-state index contributed by atoms with van der Waals surface area (Å²) >= 11 is 5.15. The van der Waals surface area contributed by atoms with Crippen LogP contribution < -0.4 is 5.32 Å². The van der Waals surface area contributed by atoms with Crippen molar-refractivity contribution >= 4 is 39.2 Å². The fraction of sp³-hybridized carbons (Fsp3) is 0.286. The molecule has 0 aliphatic carbocycles. The molecule has 0 amide bonds. The van der Waals surface area contributed by atoms with Gasteiger partial charge in [-0.1, -0.05) is 13.8 Å². The van der Waals surface area contributed by atoms with Crippen LogP contribution in [0.25, 0.3) is 0 Å². The third-order valence-electron chi connectivity index (χ3n) is 2.59. The molecule has 5 heteroatoms. The molecule has 0 spiro atoms. The molecule has 3 nitrogen and oxygen atoms in total. The van der Waals surface area contributed by atoms with E-state index in [0.29, 0.717) is 5.92 Å². The second-order valence-corrected chi connectivity index (χ2v) is 6.13. The van der Waals surface area contributed by atoms with Gasteiger partial charge in [0.2, 0.25) is 0 Å². The van der Waals surface area contributed by atoms with Crippen molar-refractivity contribution in [2.24, 2.45) is 0 Å². The summed E-state index contributed by atoms with van der Waals surface area (Å²) in [6.45, 7) is 4.16. The molecule has 2 rings (SSSR count). The van der Waals surface area contributed by atoms with E-state index in [9.17, 15) is 0 Å². The molecule has 0 aliphatic heterocycles. The van der Waals surface area contributed by atoms with Gasteiger partial charge in [0.1, 0.15) is 16.2 Å². The summed E-state index contributed by atoms with van der Waals surface area (Å²) < 4.78 is 0.800. The van der Waals surface area contributed by atoms with E-state index >= 15 is 0 Å². The summed E-state index contributed by atoms with van der Waals surface area (Å²) in [5, 5.41) is 3.30. The van der Waals surface area contributed by atoms with Gasteiger partial charge in [0.15, 0.2) is 0 Å². The fourth-order valence-electron chi connectivity index (χ4n) is 1.58. The van der Waals surface area contributed by atoms with Crippen LogP contribution in [-0.4, -0.2) is 16.2 Å². The summed E-state index contributed by atoms with van der Waals surface area (Å²) in [6, 6.07) is 10.2. The van der Waals surface area contributed by atoms with E-state index in [1.165, 1.54) is 4.90 Å². The number of thioether (sulfide) groups is 1. The summed E-state index contributed by atoms with van der Waals surface area (Å²) in [5.74, 6) is 1.94. The van der Waals surface area contributed by atoms with Gasteiger partial charge in [-0.05, 0) is 46.5 Å². The maximum Gasteiger partial charge on any atom is 0.135 e. The van der Waals surface area contributed by atoms with Gasteiger partial charge in [0, 0.05) is 22.6 Å². The van der Waals surface area contributed by atoms with E-state index in [0.717, 1.165) is 21.9 Å². The molecular weight excluding hydrogens is 322 g/mol. The molecule has 0 atom stereocenters. The zero-order chi connectivity index (χ0) is 13.8. The number of aromatic nitrogens is 2. The van der Waals surface area contributed by atoms with E-state index in [1.54, 1.807) is 11.8 Å². The van der Waals surface area contributed by atoms with Crippen molar-refractivity contribution in [3.63, 3.8) is 0 Å². The van der Waals surface area contributed by atoms with Crippen LogP contribution in [0.4, 0.5) is 11.5 Å². The highest BCUT2D eigenvalue weighted by Crippen LogP contribution is 2.22. The normalized spacial score (nSPS) is 10.8. The van der Waals surface area contributed by atoms with Crippen molar-refractivity contribution in [2.75, 3.05) is 11.6 Å². The standard InChI is InChI=1S/C14H16BrN3S/c1-9(2)14-17-12(15)8-13(18-14)16-10-4-6-11(19-3)7-5-10/h4-9H,1-3H3,(H,16,17,18). The first-order valence-corrected chi connectivity index (χ1v) is 8.06. The summed E-state index contributed by atoms with van der Waals surface area (Å²) in [4.78, 5) is 10.1. The van der Waals surface area contributed by atoms with Gasteiger partial charge in [0.05, 0.1) is 0 Å². The van der Waals surface area contributed by atoms with E-state index in [-0.39, 0.29) is 0 Å². The van der Waals surface area contributed by atoms with Gasteiger partial charge in [0.25, 0.3) is 0 Å². The highest BCUT2D eigenvalue weighted by atomic mass is 79.9. The van der Waals surface area contributed by atoms with E-state index in [1.807, 2.05) is 6.07 Å². The molecular formula is C14H16BrN3S. The van der Waals surface area contributed by atoms with Crippen LogP contribution in [0.1, 0.15) is 25.6 Å². The number of rotatable bonds is 4. The summed E-state index contributed by atoms with van der Waals surface area (Å²) in [5.41, 5.74) is 1.03. The first-order chi connectivity index (χ1) is 9.08. The third-order valence-corrected chi connectivity index (χ3v) is 3.74. The molecule has 0 fully saturated rings. The second-order valence-electron chi connectivity index (χ2n) is 4.44. The number of anilines is 2. The minimum atomic E-state index is 0.303. The van der Waals surface area contributed by atoms with Gasteiger partial charge in [-0.25, -0.2) is 9.97 Å². The van der Waals surface area contributed by atoms with E-state index < -0.39 is 0 Å². The topological polar surface area (TPSA) is 37.8 Å². The minimum absolute atomic E-state index is 0.303. The maximum absolute atomic E-state index is 4.51. The Morgan fingerprint density at radius 2 is 1.84 bits per heavy atom. The summed E-state index contributed by atoms with van der Waals surface area (Å²) in [6.07, 6.45) is 2.07. The van der Waals surface area contributed by atoms with Crippen LogP contribution in [-0.2, 0) is 0 Å². The summed E-state index contributed by atoms with van der Waals surface area (Å²) in [7, 11) is 0. The second kappa shape index (κ2) is 6.39. The van der Waals surface area contributed by atoms with Crippen molar-refractivity contribution in [1.29, 1.82) is 0 Å². The molecule has 1 aromatic carbocycles. The van der Waals surface area contributed by atoms with Crippen LogP contribution in [0, 0.1) is 0 Å². The Bertz CT molecular complexity index is 555. The number of hydrogen-bond donors (Lipinski definition) is 1. The molecule has 0 saturated carbocycles. The van der Waals surface area contributed by atoms with Gasteiger partial charge < -0.3 is 5.32 Å². The van der Waals surface area contributed by atoms with Crippen molar-refractivity contribution in [3.8, 4) is 0 Å². The van der Waals surface area contributed by atoms with Crippen LogP contribution in [0.3, 0.4) is 0 Å². The smallest absolute Gasteiger partial charge is 0.135 e. The fourth-order valence-corrected chi connectivity index (χ4v) is 2.39. The van der Waals surface area contributed by atoms with Crippen LogP contribution in [0.15, 0.2) is 39.8 Å². The number of hydrogen-bond acceptors (Lipinski definition) is 4. The van der Waals surface area contributed by atoms with Crippen molar-refractivity contribution in [3.05, 3.63) is 40.8 Å². The van der Waals surface area contributed by atoms with Crippen molar-refractivity contribution in [2.45, 2.75) is 24.7 Å². The first kappa shape index (κ1) is 14.3. The van der Waals surface area contributed by atoms with Gasteiger partial charge >= 0.3 is 0 Å². The predicted molar refractivity (Wildman–Crippen MR) is 85.3 cm³/mol. The number of nitrogens with zero attached hydrogens (tertiary/aromatic N) is 2. The van der Waals surface area contributed by atoms with Crippen molar-refractivity contribution in [1.82, 2.24) is 9.97 Å². The van der Waals surface area contributed by atoms with E-state index in [4.69, 9.17) is 0 Å². The Labute approximate surface area is 126 Å². The lowest BCUT2D eigenvalue weighted by atomic mass is 10.2. The highest BCUT2D eigenvalue weighted by Gasteiger charge is 2.07. The Morgan fingerprint density at radius 1 is 1.16 bits per heavy atom. The Hall–Kier alpha value is -1.07. The predicted octanol–water partition coefficient (Wildman–Crippen LogP) is 4.83. The Balaban J connectivity index is 2.22. The number of halogens is 1. The number of benzene rings is 1. The molecule has 19 heavy (non-hydrogen) atoms. The van der Waals surface area contributed by atoms with Gasteiger partial charge in [-0.3, -0.25) is 0 Å². The molecule has 2 aromatic rings. The monoisotopic (exact) mass is 337 g/mol. The molecule has 0 aliphatic rings. The molecule has 1 heterocycles.